The van der Waals surface area contributed by atoms with Crippen molar-refractivity contribution in [3.63, 3.8) is 0 Å². The summed E-state index contributed by atoms with van der Waals surface area (Å²) in [4.78, 5) is 0. The second-order valence-electron chi connectivity index (χ2n) is 5.13. The predicted octanol–water partition coefficient (Wildman–Crippen LogP) is 4.24. The number of hydrogen-bond acceptors (Lipinski definition) is 2. The molecular weight excluding hydrogens is 309 g/mol. The molecule has 0 atom stereocenters. The molecule has 0 bridgehead atoms. The molecule has 4 heteroatoms. The standard InChI is InChI=1S/C15H23BrFNO/c1-11(2)9-18-10-13-8-14(16)7-12(3)15(13)19-6-4-5-17/h7-8,11,18H,4-6,9-10H2,1-3H3. The summed E-state index contributed by atoms with van der Waals surface area (Å²) < 4.78 is 18.9. The molecule has 0 heterocycles. The summed E-state index contributed by atoms with van der Waals surface area (Å²) in [7, 11) is 0. The Bertz CT molecular complexity index is 396. The van der Waals surface area contributed by atoms with Crippen LogP contribution in [0.4, 0.5) is 4.39 Å². The van der Waals surface area contributed by atoms with Crippen molar-refractivity contribution in [2.24, 2.45) is 5.92 Å². The van der Waals surface area contributed by atoms with Gasteiger partial charge in [0.1, 0.15) is 5.75 Å². The Morgan fingerprint density at radius 2 is 2.11 bits per heavy atom. The van der Waals surface area contributed by atoms with Gasteiger partial charge in [0.05, 0.1) is 13.3 Å². The Balaban J connectivity index is 2.74. The van der Waals surface area contributed by atoms with E-state index in [1.807, 2.05) is 13.0 Å². The fraction of sp³-hybridized carbons (Fsp3) is 0.600. The highest BCUT2D eigenvalue weighted by Crippen LogP contribution is 2.28. The van der Waals surface area contributed by atoms with E-state index in [1.54, 1.807) is 0 Å². The van der Waals surface area contributed by atoms with E-state index in [2.05, 4.69) is 41.2 Å². The molecule has 19 heavy (non-hydrogen) atoms. The van der Waals surface area contributed by atoms with Crippen LogP contribution in [-0.2, 0) is 6.54 Å². The van der Waals surface area contributed by atoms with Gasteiger partial charge in [0, 0.05) is 23.0 Å². The molecule has 2 nitrogen and oxygen atoms in total. The normalized spacial score (nSPS) is 11.1. The maximum absolute atomic E-state index is 12.2. The van der Waals surface area contributed by atoms with Crippen molar-refractivity contribution >= 4 is 15.9 Å². The van der Waals surface area contributed by atoms with E-state index in [9.17, 15) is 4.39 Å². The third-order valence-electron chi connectivity index (χ3n) is 2.71. The summed E-state index contributed by atoms with van der Waals surface area (Å²) in [6, 6.07) is 4.09. The lowest BCUT2D eigenvalue weighted by atomic mass is 10.1. The second-order valence-corrected chi connectivity index (χ2v) is 6.04. The number of halogens is 2. The van der Waals surface area contributed by atoms with Gasteiger partial charge >= 0.3 is 0 Å². The summed E-state index contributed by atoms with van der Waals surface area (Å²) in [5, 5.41) is 3.41. The molecule has 1 rings (SSSR count). The molecule has 0 aromatic heterocycles. The fourth-order valence-electron chi connectivity index (χ4n) is 1.86. The number of alkyl halides is 1. The average Bonchev–Trinajstić information content (AvgIpc) is 2.32. The Morgan fingerprint density at radius 1 is 1.37 bits per heavy atom. The molecule has 0 spiro atoms. The monoisotopic (exact) mass is 331 g/mol. The molecule has 1 aromatic carbocycles. The molecule has 0 fully saturated rings. The maximum atomic E-state index is 12.2. The minimum Gasteiger partial charge on any atom is -0.493 e. The topological polar surface area (TPSA) is 21.3 Å². The Labute approximate surface area is 123 Å². The van der Waals surface area contributed by atoms with Gasteiger partial charge in [-0.25, -0.2) is 0 Å². The van der Waals surface area contributed by atoms with Gasteiger partial charge in [-0.1, -0.05) is 29.8 Å². The summed E-state index contributed by atoms with van der Waals surface area (Å²) >= 11 is 3.51. The van der Waals surface area contributed by atoms with Crippen LogP contribution < -0.4 is 10.1 Å². The minimum absolute atomic E-state index is 0.337. The van der Waals surface area contributed by atoms with Gasteiger partial charge in [0.25, 0.3) is 0 Å². The van der Waals surface area contributed by atoms with Crippen molar-refractivity contribution in [2.75, 3.05) is 19.8 Å². The second kappa shape index (κ2) is 8.54. The molecule has 0 saturated carbocycles. The minimum atomic E-state index is -0.337. The van der Waals surface area contributed by atoms with Crippen LogP contribution >= 0.6 is 15.9 Å². The lowest BCUT2D eigenvalue weighted by Crippen LogP contribution is -2.19. The summed E-state index contributed by atoms with van der Waals surface area (Å²) in [5.41, 5.74) is 2.20. The largest absolute Gasteiger partial charge is 0.493 e. The van der Waals surface area contributed by atoms with Crippen molar-refractivity contribution in [2.45, 2.75) is 33.7 Å². The smallest absolute Gasteiger partial charge is 0.126 e. The zero-order valence-electron chi connectivity index (χ0n) is 11.9. The van der Waals surface area contributed by atoms with Gasteiger partial charge in [0.2, 0.25) is 0 Å². The van der Waals surface area contributed by atoms with Gasteiger partial charge in [0.15, 0.2) is 0 Å². The Morgan fingerprint density at radius 3 is 2.74 bits per heavy atom. The van der Waals surface area contributed by atoms with E-state index in [0.717, 1.165) is 34.4 Å². The fourth-order valence-corrected chi connectivity index (χ4v) is 2.48. The first-order valence-electron chi connectivity index (χ1n) is 6.73. The number of ether oxygens (including phenoxy) is 1. The van der Waals surface area contributed by atoms with Gasteiger partial charge in [-0.3, -0.25) is 4.39 Å². The SMILES string of the molecule is Cc1cc(Br)cc(CNCC(C)C)c1OCCCF. The van der Waals surface area contributed by atoms with Crippen LogP contribution in [0.3, 0.4) is 0 Å². The number of hydrogen-bond donors (Lipinski definition) is 1. The molecule has 0 aliphatic heterocycles. The van der Waals surface area contributed by atoms with E-state index in [4.69, 9.17) is 4.74 Å². The average molecular weight is 332 g/mol. The van der Waals surface area contributed by atoms with Gasteiger partial charge in [-0.2, -0.15) is 0 Å². The van der Waals surface area contributed by atoms with Crippen LogP contribution in [0.15, 0.2) is 16.6 Å². The van der Waals surface area contributed by atoms with Crippen LogP contribution in [0.5, 0.6) is 5.75 Å². The van der Waals surface area contributed by atoms with Crippen LogP contribution in [-0.4, -0.2) is 19.8 Å². The van der Waals surface area contributed by atoms with Crippen molar-refractivity contribution in [3.05, 3.63) is 27.7 Å². The van der Waals surface area contributed by atoms with Crippen molar-refractivity contribution in [3.8, 4) is 5.75 Å². The molecule has 108 valence electrons. The van der Waals surface area contributed by atoms with Crippen LogP contribution in [0.2, 0.25) is 0 Å². The highest BCUT2D eigenvalue weighted by Gasteiger charge is 2.09. The van der Waals surface area contributed by atoms with E-state index in [0.29, 0.717) is 18.9 Å². The zero-order chi connectivity index (χ0) is 14.3. The third kappa shape index (κ3) is 5.91. The summed E-state index contributed by atoms with van der Waals surface area (Å²) in [5.74, 6) is 1.50. The molecule has 0 aliphatic rings. The quantitative estimate of drug-likeness (QED) is 0.719. The van der Waals surface area contributed by atoms with Crippen LogP contribution in [0.1, 0.15) is 31.4 Å². The van der Waals surface area contributed by atoms with E-state index in [-0.39, 0.29) is 6.67 Å². The first-order valence-corrected chi connectivity index (χ1v) is 7.52. The number of benzene rings is 1. The number of rotatable bonds is 8. The van der Waals surface area contributed by atoms with Crippen LogP contribution in [0.25, 0.3) is 0 Å². The molecule has 1 aromatic rings. The summed E-state index contributed by atoms with van der Waals surface area (Å²) in [6.45, 7) is 8.20. The maximum Gasteiger partial charge on any atom is 0.126 e. The molecule has 0 amide bonds. The van der Waals surface area contributed by atoms with Crippen molar-refractivity contribution in [1.82, 2.24) is 5.32 Å². The molecular formula is C15H23BrFNO. The van der Waals surface area contributed by atoms with E-state index >= 15 is 0 Å². The zero-order valence-corrected chi connectivity index (χ0v) is 13.5. The Kier molecular flexibility index (Phi) is 7.39. The lowest BCUT2D eigenvalue weighted by molar-refractivity contribution is 0.284. The van der Waals surface area contributed by atoms with Gasteiger partial charge < -0.3 is 10.1 Å². The van der Waals surface area contributed by atoms with Crippen LogP contribution in [0, 0.1) is 12.8 Å². The van der Waals surface area contributed by atoms with E-state index in [1.165, 1.54) is 0 Å². The van der Waals surface area contributed by atoms with E-state index < -0.39 is 0 Å². The van der Waals surface area contributed by atoms with Crippen molar-refractivity contribution < 1.29 is 9.13 Å². The molecule has 0 aliphatic carbocycles. The highest BCUT2D eigenvalue weighted by molar-refractivity contribution is 9.10. The highest BCUT2D eigenvalue weighted by atomic mass is 79.9. The first kappa shape index (κ1) is 16.4. The molecule has 1 N–H and O–H groups in total. The number of aryl methyl sites for hydroxylation is 1. The third-order valence-corrected chi connectivity index (χ3v) is 3.17. The Hall–Kier alpha value is -0.610. The van der Waals surface area contributed by atoms with Gasteiger partial charge in [-0.15, -0.1) is 0 Å². The predicted molar refractivity (Wildman–Crippen MR) is 81.5 cm³/mol. The molecule has 0 unspecified atom stereocenters. The molecule has 0 saturated heterocycles. The summed E-state index contributed by atoms with van der Waals surface area (Å²) in [6.07, 6.45) is 0.439. The van der Waals surface area contributed by atoms with Crippen molar-refractivity contribution in [1.29, 1.82) is 0 Å². The first-order chi connectivity index (χ1) is 9.04. The lowest BCUT2D eigenvalue weighted by Gasteiger charge is -2.16. The number of nitrogens with one attached hydrogen (secondary N) is 1. The van der Waals surface area contributed by atoms with Gasteiger partial charge in [-0.05, 0) is 37.1 Å². The molecule has 0 radical (unpaired) electrons.